The fourth-order valence-electron chi connectivity index (χ4n) is 2.71. The van der Waals surface area contributed by atoms with Crippen molar-refractivity contribution in [2.45, 2.75) is 22.8 Å². The van der Waals surface area contributed by atoms with E-state index >= 15 is 0 Å². The molecule has 4 rings (SSSR count). The first-order valence-electron chi connectivity index (χ1n) is 11.4. The molecule has 0 aliphatic carbocycles. The molecule has 18 heteroatoms. The summed E-state index contributed by atoms with van der Waals surface area (Å²) in [5.41, 5.74) is 9.68. The van der Waals surface area contributed by atoms with Crippen LogP contribution in [0.15, 0.2) is 24.3 Å². The minimum Gasteiger partial charge on any atom is -0.278 e. The zero-order valence-electron chi connectivity index (χ0n) is 23.2. The third-order valence-electron chi connectivity index (χ3n) is 4.82. The third kappa shape index (κ3) is 11.7. The van der Waals surface area contributed by atoms with E-state index in [1.54, 1.807) is 8.70 Å². The van der Waals surface area contributed by atoms with E-state index in [2.05, 4.69) is 47.1 Å². The Hall–Kier alpha value is -2.31. The van der Waals surface area contributed by atoms with Crippen LogP contribution < -0.4 is 8.70 Å². The molecule has 254 valence electrons. The summed E-state index contributed by atoms with van der Waals surface area (Å²) in [4.78, 5) is 0. The number of halogens is 15. The van der Waals surface area contributed by atoms with Crippen LogP contribution in [0.25, 0.3) is 0 Å². The standard InChI is InChI=1S/C10H16As2.3C6F5.Au/c1-11(2)9-7-5-6-8-10(9)12(3)4;3*7-2-1-3(8)5(10)6(11)4(2)9;/h5-8H,1-4H3;;;;/q;3*-1;+3. The largest absolute Gasteiger partial charge is 3.00 e. The van der Waals surface area contributed by atoms with Gasteiger partial charge in [-0.1, -0.05) is 0 Å². The molecule has 46 heavy (non-hydrogen) atoms. The van der Waals surface area contributed by atoms with Crippen molar-refractivity contribution in [2.24, 2.45) is 0 Å². The predicted molar refractivity (Wildman–Crippen MR) is 136 cm³/mol. The first kappa shape index (κ1) is 43.7. The zero-order valence-corrected chi connectivity index (χ0v) is 29.1. The van der Waals surface area contributed by atoms with Crippen LogP contribution in [0.1, 0.15) is 0 Å². The average Bonchev–Trinajstić information content (AvgIpc) is 2.99. The summed E-state index contributed by atoms with van der Waals surface area (Å²) >= 11 is -1.30. The summed E-state index contributed by atoms with van der Waals surface area (Å²) in [5.74, 6) is -30.1. The molecular weight excluding hydrogens is 968 g/mol. The second-order valence-corrected chi connectivity index (χ2v) is 17.9. The molecule has 0 N–H and O–H groups in total. The molecule has 0 amide bonds. The van der Waals surface area contributed by atoms with Gasteiger partial charge in [-0.2, -0.15) is 0 Å². The first-order chi connectivity index (χ1) is 20.7. The Bertz CT molecular complexity index is 1380. The molecule has 0 radical (unpaired) electrons. The van der Waals surface area contributed by atoms with E-state index < -0.39 is 117 Å². The maximum atomic E-state index is 12.0. The van der Waals surface area contributed by atoms with Gasteiger partial charge in [0.2, 0.25) is 0 Å². The number of hydrogen-bond donors (Lipinski definition) is 0. The molecule has 0 aliphatic rings. The van der Waals surface area contributed by atoms with Crippen LogP contribution in [0.3, 0.4) is 0 Å². The van der Waals surface area contributed by atoms with Gasteiger partial charge >= 0.3 is 107 Å². The van der Waals surface area contributed by atoms with Gasteiger partial charge in [0.25, 0.3) is 0 Å². The van der Waals surface area contributed by atoms with Crippen LogP contribution in [-0.4, -0.2) is 29.3 Å². The Morgan fingerprint density at radius 3 is 0.674 bits per heavy atom. The van der Waals surface area contributed by atoms with Gasteiger partial charge in [-0.15, -0.1) is 18.2 Å². The van der Waals surface area contributed by atoms with E-state index in [9.17, 15) is 65.9 Å². The molecule has 0 aromatic heterocycles. The molecule has 0 spiro atoms. The van der Waals surface area contributed by atoms with Gasteiger partial charge in [-0.25, -0.2) is 39.5 Å². The number of benzene rings is 4. The van der Waals surface area contributed by atoms with Crippen LogP contribution in [0.4, 0.5) is 65.9 Å². The van der Waals surface area contributed by atoms with E-state index in [1.807, 2.05) is 0 Å². The van der Waals surface area contributed by atoms with Crippen LogP contribution >= 0.6 is 0 Å². The molecule has 0 saturated carbocycles. The Labute approximate surface area is 277 Å². The summed E-state index contributed by atoms with van der Waals surface area (Å²) in [7, 11) is 0. The first-order valence-corrected chi connectivity index (χ1v) is 20.8. The minimum absolute atomic E-state index is 0. The Morgan fingerprint density at radius 1 is 0.348 bits per heavy atom. The summed E-state index contributed by atoms with van der Waals surface area (Å²) in [6.45, 7) is 0. The minimum atomic E-state index is -2.17. The van der Waals surface area contributed by atoms with Crippen molar-refractivity contribution in [3.63, 3.8) is 0 Å². The van der Waals surface area contributed by atoms with Gasteiger partial charge in [-0.3, -0.25) is 26.3 Å². The monoisotopic (exact) mass is 984 g/mol. The van der Waals surface area contributed by atoms with Gasteiger partial charge in [0.1, 0.15) is 0 Å². The average molecular weight is 984 g/mol. The summed E-state index contributed by atoms with van der Waals surface area (Å²) < 4.78 is 183. The SMILES string of the molecule is C[As](C)c1ccccc1[As](C)C.Fc1[c-]c(F)c(F)c(F)c1F.Fc1[c-]c(F)c(F)c(F)c1F.Fc1[c-]c(F)c(F)c(F)c1F.[Au+3]. The maximum absolute atomic E-state index is 12.0. The maximum Gasteiger partial charge on any atom is 3.00 e. The topological polar surface area (TPSA) is 0 Å². The molecule has 0 atom stereocenters. The van der Waals surface area contributed by atoms with Crippen molar-refractivity contribution >= 4 is 38.0 Å². The van der Waals surface area contributed by atoms with E-state index in [1.165, 1.54) is 0 Å². The fraction of sp³-hybridized carbons (Fsp3) is 0.143. The van der Waals surface area contributed by atoms with Crippen LogP contribution in [0.2, 0.25) is 22.8 Å². The van der Waals surface area contributed by atoms with Crippen LogP contribution in [0, 0.1) is 105 Å². The van der Waals surface area contributed by atoms with E-state index in [-0.39, 0.29) is 22.4 Å². The van der Waals surface area contributed by atoms with Crippen LogP contribution in [-0.2, 0) is 22.4 Å². The van der Waals surface area contributed by atoms with Gasteiger partial charge in [-0.05, 0) is 0 Å². The third-order valence-corrected chi connectivity index (χ3v) is 11.3. The summed E-state index contributed by atoms with van der Waals surface area (Å²) in [6, 6.07) is 12.1. The Balaban J connectivity index is 0.000000583. The molecule has 0 heterocycles. The molecule has 0 unspecified atom stereocenters. The van der Waals surface area contributed by atoms with Crippen molar-refractivity contribution < 1.29 is 88.2 Å². The van der Waals surface area contributed by atoms with E-state index in [0.29, 0.717) is 0 Å². The molecule has 4 aromatic carbocycles. The molecule has 0 bridgehead atoms. The fourth-order valence-corrected chi connectivity index (χ4v) is 10.9. The van der Waals surface area contributed by atoms with Crippen molar-refractivity contribution in [2.75, 3.05) is 0 Å². The van der Waals surface area contributed by atoms with E-state index in [4.69, 9.17) is 0 Å². The van der Waals surface area contributed by atoms with Crippen LogP contribution in [0.5, 0.6) is 0 Å². The number of rotatable bonds is 2. The van der Waals surface area contributed by atoms with Gasteiger partial charge in [0, 0.05) is 0 Å². The Morgan fingerprint density at radius 2 is 0.522 bits per heavy atom. The predicted octanol–water partition coefficient (Wildman–Crippen LogP) is 8.15. The second-order valence-electron chi connectivity index (χ2n) is 8.36. The van der Waals surface area contributed by atoms with Gasteiger partial charge < -0.3 is 0 Å². The van der Waals surface area contributed by atoms with Crippen molar-refractivity contribution in [3.8, 4) is 0 Å². The van der Waals surface area contributed by atoms with Crippen molar-refractivity contribution in [1.82, 2.24) is 0 Å². The van der Waals surface area contributed by atoms with Crippen molar-refractivity contribution in [1.29, 1.82) is 0 Å². The molecule has 0 nitrogen and oxygen atoms in total. The molecule has 0 aliphatic heterocycles. The van der Waals surface area contributed by atoms with E-state index in [0.717, 1.165) is 18.2 Å². The normalized spacial score (nSPS) is 10.3. The quantitative estimate of drug-likeness (QED) is 0.0627. The summed E-state index contributed by atoms with van der Waals surface area (Å²) in [5, 5.41) is 0. The number of hydrogen-bond acceptors (Lipinski definition) is 0. The second kappa shape index (κ2) is 19.5. The van der Waals surface area contributed by atoms with Gasteiger partial charge in [0.15, 0.2) is 0 Å². The Kier molecular flexibility index (Phi) is 18.5. The van der Waals surface area contributed by atoms with Gasteiger partial charge in [0.05, 0.1) is 87.3 Å². The van der Waals surface area contributed by atoms with Crippen molar-refractivity contribution in [3.05, 3.63) is 130 Å². The molecule has 0 fully saturated rings. The molecule has 0 saturated heterocycles. The molecular formula is C28H16As2AuF15. The smallest absolute Gasteiger partial charge is 0.278 e. The summed E-state index contributed by atoms with van der Waals surface area (Å²) in [6.07, 6.45) is 0. The zero-order chi connectivity index (χ0) is 34.9. The molecule has 4 aromatic rings.